The summed E-state index contributed by atoms with van der Waals surface area (Å²) < 4.78 is 0. The standard InChI is InChI=1S/C30H18O6/c1-9-3-15(31)11-5-13-17(33)7-19(35)27-25(13)29-23(11)21(9)22-10(2)4-16(32)12-6-14-18(34)8-20(36)28(27)26(14)30(29)24(12)22/h3-8,31-36H,1-2H3. The molecule has 0 fully saturated rings. The van der Waals surface area contributed by atoms with Crippen LogP contribution in [0.1, 0.15) is 11.1 Å². The molecule has 0 heterocycles. The summed E-state index contributed by atoms with van der Waals surface area (Å²) >= 11 is 0. The number of aryl methyl sites for hydroxylation is 2. The SMILES string of the molecule is Cc1cc(O)c2cc3c(O)cc(O)c4c5c(O)cc(O)c6cc7c(O)cc(C)c8c1c2c(c34)c(c78)c65. The smallest absolute Gasteiger partial charge is 0.127 e. The zero-order valence-corrected chi connectivity index (χ0v) is 19.1. The number of fused-ring (bicyclic) bond motifs is 2. The summed E-state index contributed by atoms with van der Waals surface area (Å²) in [4.78, 5) is 0. The van der Waals surface area contributed by atoms with Gasteiger partial charge < -0.3 is 30.6 Å². The number of hydrogen-bond acceptors (Lipinski definition) is 6. The average molecular weight is 474 g/mol. The summed E-state index contributed by atoms with van der Waals surface area (Å²) in [5, 5.41) is 74.5. The Morgan fingerprint density at radius 1 is 0.306 bits per heavy atom. The van der Waals surface area contributed by atoms with Crippen LogP contribution in [-0.2, 0) is 0 Å². The van der Waals surface area contributed by atoms with E-state index in [4.69, 9.17) is 0 Å². The van der Waals surface area contributed by atoms with E-state index in [9.17, 15) is 30.6 Å². The van der Waals surface area contributed by atoms with E-state index >= 15 is 0 Å². The van der Waals surface area contributed by atoms with Crippen molar-refractivity contribution in [2.24, 2.45) is 0 Å². The molecule has 0 aliphatic carbocycles. The van der Waals surface area contributed by atoms with Crippen molar-refractivity contribution >= 4 is 75.4 Å². The van der Waals surface area contributed by atoms with Crippen LogP contribution in [0.2, 0.25) is 0 Å². The van der Waals surface area contributed by atoms with Crippen LogP contribution in [0.25, 0.3) is 75.4 Å². The fraction of sp³-hybridized carbons (Fsp3) is 0.0667. The van der Waals surface area contributed by atoms with Gasteiger partial charge in [-0.2, -0.15) is 0 Å². The van der Waals surface area contributed by atoms with Gasteiger partial charge >= 0.3 is 0 Å². The normalized spacial score (nSPS) is 12.8. The Kier molecular flexibility index (Phi) is 3.07. The fourth-order valence-corrected chi connectivity index (χ4v) is 6.78. The van der Waals surface area contributed by atoms with E-state index in [1.807, 2.05) is 13.8 Å². The molecule has 8 aromatic carbocycles. The minimum absolute atomic E-state index is 0.0614. The molecule has 0 radical (unpaired) electrons. The highest BCUT2D eigenvalue weighted by Crippen LogP contribution is 2.58. The second kappa shape index (κ2) is 5.69. The van der Waals surface area contributed by atoms with E-state index < -0.39 is 0 Å². The third kappa shape index (κ3) is 1.87. The number of benzene rings is 8. The van der Waals surface area contributed by atoms with Gasteiger partial charge in [-0.25, -0.2) is 0 Å². The van der Waals surface area contributed by atoms with Gasteiger partial charge in [0.15, 0.2) is 0 Å². The maximum Gasteiger partial charge on any atom is 0.127 e. The molecule has 6 nitrogen and oxygen atoms in total. The quantitative estimate of drug-likeness (QED) is 0.105. The molecule has 0 saturated heterocycles. The Bertz CT molecular complexity index is 1960. The molecule has 6 N–H and O–H groups in total. The van der Waals surface area contributed by atoms with Crippen molar-refractivity contribution in [1.29, 1.82) is 0 Å². The summed E-state index contributed by atoms with van der Waals surface area (Å²) in [5.74, 6) is -0.611. The lowest BCUT2D eigenvalue weighted by Gasteiger charge is -2.25. The summed E-state index contributed by atoms with van der Waals surface area (Å²) in [6.45, 7) is 3.84. The predicted molar refractivity (Wildman–Crippen MR) is 142 cm³/mol. The molecule has 8 aromatic rings. The Labute approximate surface area is 202 Å². The largest absolute Gasteiger partial charge is 0.507 e. The van der Waals surface area contributed by atoms with Crippen LogP contribution in [0, 0.1) is 13.8 Å². The third-order valence-corrected chi connectivity index (χ3v) is 8.06. The van der Waals surface area contributed by atoms with Gasteiger partial charge in [-0.3, -0.25) is 0 Å². The summed E-state index contributed by atoms with van der Waals surface area (Å²) in [6.07, 6.45) is 0. The van der Waals surface area contributed by atoms with Crippen molar-refractivity contribution in [3.05, 3.63) is 47.5 Å². The number of hydrogen-bond donors (Lipinski definition) is 6. The van der Waals surface area contributed by atoms with Crippen molar-refractivity contribution < 1.29 is 30.6 Å². The number of rotatable bonds is 0. The van der Waals surface area contributed by atoms with Gasteiger partial charge in [0.05, 0.1) is 0 Å². The molecule has 0 atom stereocenters. The number of aromatic hydroxyl groups is 6. The first kappa shape index (κ1) is 19.5. The van der Waals surface area contributed by atoms with Gasteiger partial charge in [-0.1, -0.05) is 0 Å². The Balaban J connectivity index is 1.99. The highest BCUT2D eigenvalue weighted by atomic mass is 16.3. The molecule has 0 unspecified atom stereocenters. The van der Waals surface area contributed by atoms with E-state index in [-0.39, 0.29) is 34.5 Å². The fourth-order valence-electron chi connectivity index (χ4n) is 6.78. The highest BCUT2D eigenvalue weighted by Gasteiger charge is 2.29. The Hall–Kier alpha value is -4.84. The van der Waals surface area contributed by atoms with Crippen LogP contribution in [0.5, 0.6) is 34.5 Å². The Morgan fingerprint density at radius 3 is 0.972 bits per heavy atom. The van der Waals surface area contributed by atoms with Gasteiger partial charge in [0.25, 0.3) is 0 Å². The molecule has 0 aromatic heterocycles. The third-order valence-electron chi connectivity index (χ3n) is 8.06. The first-order chi connectivity index (χ1) is 17.2. The highest BCUT2D eigenvalue weighted by molar-refractivity contribution is 6.51. The Morgan fingerprint density at radius 2 is 0.611 bits per heavy atom. The second-order valence-corrected chi connectivity index (χ2v) is 9.95. The zero-order chi connectivity index (χ0) is 24.9. The number of phenolic OH excluding ortho intramolecular Hbond substituents is 6. The zero-order valence-electron chi connectivity index (χ0n) is 19.1. The summed E-state index contributed by atoms with van der Waals surface area (Å²) in [6, 6.07) is 9.29. The van der Waals surface area contributed by atoms with E-state index in [1.165, 1.54) is 12.1 Å². The predicted octanol–water partition coefficient (Wildman–Crippen LogP) is 6.92. The van der Waals surface area contributed by atoms with Crippen LogP contribution in [0.4, 0.5) is 0 Å². The van der Waals surface area contributed by atoms with Crippen LogP contribution in [-0.4, -0.2) is 30.6 Å². The molecule has 0 amide bonds. The first-order valence-corrected chi connectivity index (χ1v) is 11.6. The molecule has 0 aliphatic rings. The van der Waals surface area contributed by atoms with Gasteiger partial charge in [0, 0.05) is 76.8 Å². The lowest BCUT2D eigenvalue weighted by Crippen LogP contribution is -1.97. The minimum Gasteiger partial charge on any atom is -0.507 e. The van der Waals surface area contributed by atoms with Crippen molar-refractivity contribution in [1.82, 2.24) is 0 Å². The second-order valence-electron chi connectivity index (χ2n) is 9.95. The van der Waals surface area contributed by atoms with Crippen LogP contribution in [0.3, 0.4) is 0 Å². The molecule has 8 rings (SSSR count). The van der Waals surface area contributed by atoms with E-state index in [0.29, 0.717) is 53.9 Å². The maximum absolute atomic E-state index is 11.1. The summed E-state index contributed by atoms with van der Waals surface area (Å²) in [5.41, 5.74) is 1.68. The molecule has 0 spiro atoms. The van der Waals surface area contributed by atoms with Crippen molar-refractivity contribution in [2.45, 2.75) is 13.8 Å². The maximum atomic E-state index is 11.1. The van der Waals surface area contributed by atoms with Gasteiger partial charge in [-0.15, -0.1) is 0 Å². The molecule has 0 bridgehead atoms. The van der Waals surface area contributed by atoms with Crippen molar-refractivity contribution in [3.8, 4) is 34.5 Å². The molecule has 36 heavy (non-hydrogen) atoms. The first-order valence-electron chi connectivity index (χ1n) is 11.6. The van der Waals surface area contributed by atoms with E-state index in [2.05, 4.69) is 0 Å². The van der Waals surface area contributed by atoms with Gasteiger partial charge in [0.2, 0.25) is 0 Å². The molecule has 6 heteroatoms. The van der Waals surface area contributed by atoms with Crippen LogP contribution in [0.15, 0.2) is 36.4 Å². The summed E-state index contributed by atoms with van der Waals surface area (Å²) in [7, 11) is 0. The molecule has 0 aliphatic heterocycles. The van der Waals surface area contributed by atoms with Gasteiger partial charge in [0.1, 0.15) is 34.5 Å². The van der Waals surface area contributed by atoms with Gasteiger partial charge in [-0.05, 0) is 60.0 Å². The van der Waals surface area contributed by atoms with E-state index in [1.54, 1.807) is 24.3 Å². The molecule has 0 saturated carbocycles. The van der Waals surface area contributed by atoms with Crippen molar-refractivity contribution in [3.63, 3.8) is 0 Å². The molecule has 174 valence electrons. The van der Waals surface area contributed by atoms with Crippen LogP contribution >= 0.6 is 0 Å². The minimum atomic E-state index is -0.208. The van der Waals surface area contributed by atoms with Crippen LogP contribution < -0.4 is 0 Å². The van der Waals surface area contributed by atoms with Crippen molar-refractivity contribution in [2.75, 3.05) is 0 Å². The average Bonchev–Trinajstić information content (AvgIpc) is 2.82. The topological polar surface area (TPSA) is 121 Å². The lowest BCUT2D eigenvalue weighted by atomic mass is 9.78. The van der Waals surface area contributed by atoms with E-state index in [0.717, 1.165) is 32.7 Å². The number of phenols is 6. The molecular weight excluding hydrogens is 456 g/mol. The monoisotopic (exact) mass is 474 g/mol. The lowest BCUT2D eigenvalue weighted by molar-refractivity contribution is 0.455. The molecular formula is C30H18O6.